The Morgan fingerprint density at radius 3 is 1.33 bits per heavy atom. The largest absolute Gasteiger partial charge is 0.310 e. The Kier molecular flexibility index (Phi) is 8.04. The van der Waals surface area contributed by atoms with E-state index in [1.54, 1.807) is 0 Å². The zero-order valence-corrected chi connectivity index (χ0v) is 34.6. The van der Waals surface area contributed by atoms with Crippen LogP contribution in [0.2, 0.25) is 0 Å². The van der Waals surface area contributed by atoms with Gasteiger partial charge in [0.1, 0.15) is 0 Å². The van der Waals surface area contributed by atoms with Gasteiger partial charge in [0.2, 0.25) is 0 Å². The number of aromatic nitrogens is 3. The van der Waals surface area contributed by atoms with Crippen molar-refractivity contribution in [3.8, 4) is 50.4 Å². The molecule has 0 fully saturated rings. The van der Waals surface area contributed by atoms with Gasteiger partial charge in [-0.25, -0.2) is 0 Å². The number of fused-ring (bicyclic) bond motifs is 9. The van der Waals surface area contributed by atoms with Crippen molar-refractivity contribution in [1.29, 1.82) is 0 Å². The van der Waals surface area contributed by atoms with E-state index in [0.717, 1.165) is 24.2 Å². The van der Waals surface area contributed by atoms with Crippen molar-refractivity contribution >= 4 is 60.6 Å². The highest BCUT2D eigenvalue weighted by Crippen LogP contribution is 2.41. The molecule has 0 N–H and O–H groups in total. The Hall–Kier alpha value is -8.14. The molecule has 296 valence electrons. The number of rotatable bonds is 6. The lowest BCUT2D eigenvalue weighted by molar-refractivity contribution is 0.968. The van der Waals surface area contributed by atoms with Gasteiger partial charge < -0.3 is 13.7 Å². The van der Waals surface area contributed by atoms with E-state index in [0.29, 0.717) is 0 Å². The van der Waals surface area contributed by atoms with Crippen LogP contribution in [0.1, 0.15) is 17.7 Å². The minimum Gasteiger partial charge on any atom is -0.310 e. The van der Waals surface area contributed by atoms with Crippen molar-refractivity contribution in [1.82, 2.24) is 13.7 Å². The number of hydrogen-bond acceptors (Lipinski definition) is 0. The summed E-state index contributed by atoms with van der Waals surface area (Å²) in [7, 11) is 0. The second-order valence-corrected chi connectivity index (χ2v) is 16.8. The molecule has 3 heterocycles. The van der Waals surface area contributed by atoms with E-state index in [1.807, 2.05) is 0 Å². The lowest BCUT2D eigenvalue weighted by Gasteiger charge is -2.13. The highest BCUT2D eigenvalue weighted by Gasteiger charge is 2.22. The molecule has 0 saturated heterocycles. The molecule has 0 unspecified atom stereocenters. The smallest absolute Gasteiger partial charge is 0.0542 e. The maximum Gasteiger partial charge on any atom is 0.0542 e. The fraction of sp³-hybridized carbons (Fsp3) is 0.0333. The summed E-state index contributed by atoms with van der Waals surface area (Å²) in [5, 5.41) is 6.35. The molecule has 0 atom stereocenters. The zero-order valence-electron chi connectivity index (χ0n) is 34.6. The van der Waals surface area contributed by atoms with Crippen LogP contribution in [0.4, 0.5) is 0 Å². The normalized spacial score (nSPS) is 12.6. The first-order valence-corrected chi connectivity index (χ1v) is 22.0. The van der Waals surface area contributed by atoms with Gasteiger partial charge in [-0.05, 0) is 137 Å². The summed E-state index contributed by atoms with van der Waals surface area (Å²) in [4.78, 5) is 0. The number of benzene rings is 9. The van der Waals surface area contributed by atoms with Gasteiger partial charge in [0, 0.05) is 49.7 Å². The van der Waals surface area contributed by atoms with Gasteiger partial charge in [-0.3, -0.25) is 0 Å². The lowest BCUT2D eigenvalue weighted by atomic mass is 9.97. The van der Waals surface area contributed by atoms with Crippen molar-refractivity contribution in [2.45, 2.75) is 12.8 Å². The summed E-state index contributed by atoms with van der Waals surface area (Å²) < 4.78 is 7.33. The Bertz CT molecular complexity index is 3780. The third-order valence-corrected chi connectivity index (χ3v) is 13.3. The summed E-state index contributed by atoms with van der Waals surface area (Å²) in [5.41, 5.74) is 19.6. The molecule has 1 aliphatic rings. The van der Waals surface area contributed by atoms with Crippen LogP contribution >= 0.6 is 0 Å². The molecule has 0 aliphatic heterocycles. The van der Waals surface area contributed by atoms with Gasteiger partial charge in [-0.15, -0.1) is 0 Å². The van der Waals surface area contributed by atoms with Crippen molar-refractivity contribution < 1.29 is 0 Å². The van der Waals surface area contributed by atoms with E-state index < -0.39 is 0 Å². The first-order chi connectivity index (χ1) is 31.2. The van der Waals surface area contributed by atoms with Gasteiger partial charge in [0.05, 0.1) is 27.6 Å². The number of allylic oxidation sites excluding steroid dienone is 1. The Labute approximate surface area is 365 Å². The predicted octanol–water partition coefficient (Wildman–Crippen LogP) is 15.8. The molecular weight excluding hydrogens is 763 g/mol. The van der Waals surface area contributed by atoms with Crippen LogP contribution in [0.5, 0.6) is 0 Å². The first-order valence-electron chi connectivity index (χ1n) is 22.0. The SMILES string of the molecule is C1=Cc2c(c3cc(-c4ccc5c(c4)c4ccccc4n5-c4cccc(-c5ccccc5)c4)ccc3n2-c2ccc3c(c2)c2ccccc2n3-c2cccc(-c3ccccc3)c2)CC1. The average molecular weight is 804 g/mol. The molecule has 0 amide bonds. The van der Waals surface area contributed by atoms with Crippen molar-refractivity contribution in [2.75, 3.05) is 0 Å². The average Bonchev–Trinajstić information content (AvgIpc) is 3.99. The summed E-state index contributed by atoms with van der Waals surface area (Å²) >= 11 is 0. The van der Waals surface area contributed by atoms with Crippen molar-refractivity contribution in [3.05, 3.63) is 230 Å². The fourth-order valence-corrected chi connectivity index (χ4v) is 10.4. The Balaban J connectivity index is 0.935. The van der Waals surface area contributed by atoms with Gasteiger partial charge in [0.15, 0.2) is 0 Å². The van der Waals surface area contributed by atoms with E-state index in [9.17, 15) is 0 Å². The predicted molar refractivity (Wildman–Crippen MR) is 266 cm³/mol. The first kappa shape index (κ1) is 35.6. The second-order valence-electron chi connectivity index (χ2n) is 16.8. The number of nitrogens with zero attached hydrogens (tertiary/aromatic N) is 3. The monoisotopic (exact) mass is 803 g/mol. The van der Waals surface area contributed by atoms with Crippen LogP contribution in [0.15, 0.2) is 218 Å². The maximum absolute atomic E-state index is 2.49. The molecular formula is C60H41N3. The van der Waals surface area contributed by atoms with E-state index in [1.165, 1.54) is 105 Å². The highest BCUT2D eigenvalue weighted by molar-refractivity contribution is 6.12. The van der Waals surface area contributed by atoms with Crippen molar-refractivity contribution in [3.63, 3.8) is 0 Å². The minimum atomic E-state index is 1.02. The molecule has 1 aliphatic carbocycles. The van der Waals surface area contributed by atoms with Gasteiger partial charge in [-0.2, -0.15) is 0 Å². The number of hydrogen-bond donors (Lipinski definition) is 0. The number of para-hydroxylation sites is 2. The molecule has 3 heteroatoms. The Morgan fingerprint density at radius 2 is 0.730 bits per heavy atom. The maximum atomic E-state index is 2.49. The molecule has 3 nitrogen and oxygen atoms in total. The van der Waals surface area contributed by atoms with Gasteiger partial charge >= 0.3 is 0 Å². The second kappa shape index (κ2) is 14.2. The topological polar surface area (TPSA) is 14.8 Å². The summed E-state index contributed by atoms with van der Waals surface area (Å²) in [5.74, 6) is 0. The number of aryl methyl sites for hydroxylation is 1. The molecule has 0 radical (unpaired) electrons. The van der Waals surface area contributed by atoms with Crippen LogP contribution in [0.3, 0.4) is 0 Å². The molecule has 63 heavy (non-hydrogen) atoms. The van der Waals surface area contributed by atoms with E-state index in [4.69, 9.17) is 0 Å². The zero-order chi connectivity index (χ0) is 41.4. The lowest BCUT2D eigenvalue weighted by Crippen LogP contribution is -2.00. The molecule has 13 rings (SSSR count). The van der Waals surface area contributed by atoms with E-state index in [2.05, 4.69) is 238 Å². The minimum absolute atomic E-state index is 1.02. The van der Waals surface area contributed by atoms with Crippen LogP contribution in [-0.4, -0.2) is 13.7 Å². The molecule has 0 saturated carbocycles. The highest BCUT2D eigenvalue weighted by atomic mass is 15.0. The third-order valence-electron chi connectivity index (χ3n) is 13.3. The van der Waals surface area contributed by atoms with Gasteiger partial charge in [-0.1, -0.05) is 140 Å². The van der Waals surface area contributed by atoms with Crippen LogP contribution in [0, 0.1) is 0 Å². The molecule has 12 aromatic rings. The summed E-state index contributed by atoms with van der Waals surface area (Å²) in [6.07, 6.45) is 6.74. The van der Waals surface area contributed by atoms with Crippen LogP contribution in [-0.2, 0) is 6.42 Å². The van der Waals surface area contributed by atoms with Gasteiger partial charge in [0.25, 0.3) is 0 Å². The van der Waals surface area contributed by atoms with Crippen molar-refractivity contribution in [2.24, 2.45) is 0 Å². The molecule has 3 aromatic heterocycles. The third kappa shape index (κ3) is 5.67. The summed E-state index contributed by atoms with van der Waals surface area (Å²) in [6, 6.07) is 78.0. The van der Waals surface area contributed by atoms with E-state index >= 15 is 0 Å². The van der Waals surface area contributed by atoms with Crippen LogP contribution < -0.4 is 0 Å². The van der Waals surface area contributed by atoms with Crippen LogP contribution in [0.25, 0.3) is 111 Å². The summed E-state index contributed by atoms with van der Waals surface area (Å²) in [6.45, 7) is 0. The molecule has 0 bridgehead atoms. The fourth-order valence-electron chi connectivity index (χ4n) is 10.4. The Morgan fingerprint density at radius 1 is 0.286 bits per heavy atom. The molecule has 0 spiro atoms. The van der Waals surface area contributed by atoms with E-state index in [-0.39, 0.29) is 0 Å². The standard InChI is InChI=1S/C60H41N3/c1-3-15-40(16-4-1)42-19-13-21-46(35-42)61-55-26-10-7-23-49(55)52-37-44(29-32-58(52)61)45-30-33-59-53(38-45)50-24-8-11-27-56(50)63(59)48-31-34-60-54(39-48)51-25-9-12-28-57(51)62(60)47-22-14-20-43(36-47)41-17-5-2-6-18-41/h1-7,9-23,25-39H,8,24H2. The quantitative estimate of drug-likeness (QED) is 0.159. The molecule has 9 aromatic carbocycles.